The predicted molar refractivity (Wildman–Crippen MR) is 97.2 cm³/mol. The number of amides is 1. The lowest BCUT2D eigenvalue weighted by Gasteiger charge is -2.08. The third-order valence-corrected chi connectivity index (χ3v) is 4.01. The Hall–Kier alpha value is -2.89. The van der Waals surface area contributed by atoms with Gasteiger partial charge in [0.2, 0.25) is 5.88 Å². The number of ether oxygens (including phenoxy) is 1. The summed E-state index contributed by atoms with van der Waals surface area (Å²) in [4.78, 5) is 21.2. The number of nitrogens with one attached hydrogen (secondary N) is 1. The molecular formula is C19H22N4O2. The molecule has 0 bridgehead atoms. The largest absolute Gasteiger partial charge is 0.480 e. The van der Waals surface area contributed by atoms with Gasteiger partial charge in [0, 0.05) is 18.6 Å². The van der Waals surface area contributed by atoms with Crippen LogP contribution in [0.15, 0.2) is 42.9 Å². The highest BCUT2D eigenvalue weighted by molar-refractivity contribution is 6.04. The Bertz CT molecular complexity index is 873. The van der Waals surface area contributed by atoms with Gasteiger partial charge in [0.05, 0.1) is 18.4 Å². The first-order chi connectivity index (χ1) is 12.2. The van der Waals surface area contributed by atoms with Crippen LogP contribution in [0.1, 0.15) is 42.2 Å². The van der Waals surface area contributed by atoms with Gasteiger partial charge in [-0.2, -0.15) is 0 Å². The molecule has 6 nitrogen and oxygen atoms in total. The number of fused-ring (bicyclic) bond motifs is 1. The fourth-order valence-corrected chi connectivity index (χ4v) is 2.70. The van der Waals surface area contributed by atoms with Crippen molar-refractivity contribution in [2.45, 2.75) is 32.6 Å². The predicted octanol–water partition coefficient (Wildman–Crippen LogP) is 3.72. The molecule has 0 spiro atoms. The van der Waals surface area contributed by atoms with Gasteiger partial charge in [0.15, 0.2) is 0 Å². The van der Waals surface area contributed by atoms with Crippen LogP contribution >= 0.6 is 0 Å². The molecule has 0 radical (unpaired) electrons. The lowest BCUT2D eigenvalue weighted by atomic mass is 10.2. The van der Waals surface area contributed by atoms with Gasteiger partial charge in [-0.05, 0) is 37.1 Å². The second-order valence-electron chi connectivity index (χ2n) is 5.89. The SMILES string of the molecule is CCCCCc1cn2cc(C(=O)Nc3cccnc3OC)ccc2n1. The molecule has 0 atom stereocenters. The van der Waals surface area contributed by atoms with E-state index in [0.717, 1.165) is 24.2 Å². The van der Waals surface area contributed by atoms with Crippen LogP contribution in [-0.4, -0.2) is 27.4 Å². The van der Waals surface area contributed by atoms with Crippen LogP contribution in [0.2, 0.25) is 0 Å². The molecular weight excluding hydrogens is 316 g/mol. The number of methoxy groups -OCH3 is 1. The van der Waals surface area contributed by atoms with Crippen molar-refractivity contribution in [1.82, 2.24) is 14.4 Å². The number of nitrogens with zero attached hydrogens (tertiary/aromatic N) is 3. The minimum atomic E-state index is -0.213. The van der Waals surface area contributed by atoms with E-state index in [2.05, 4.69) is 22.2 Å². The molecule has 0 saturated heterocycles. The van der Waals surface area contributed by atoms with E-state index in [9.17, 15) is 4.79 Å². The summed E-state index contributed by atoms with van der Waals surface area (Å²) in [5, 5.41) is 2.83. The molecule has 0 aliphatic rings. The fourth-order valence-electron chi connectivity index (χ4n) is 2.70. The second-order valence-corrected chi connectivity index (χ2v) is 5.89. The van der Waals surface area contributed by atoms with Gasteiger partial charge in [-0.3, -0.25) is 4.79 Å². The summed E-state index contributed by atoms with van der Waals surface area (Å²) in [6, 6.07) is 7.14. The van der Waals surface area contributed by atoms with Gasteiger partial charge < -0.3 is 14.5 Å². The molecule has 0 aromatic carbocycles. The summed E-state index contributed by atoms with van der Waals surface area (Å²) >= 11 is 0. The lowest BCUT2D eigenvalue weighted by Crippen LogP contribution is -2.13. The van der Waals surface area contributed by atoms with Crippen LogP contribution in [0, 0.1) is 0 Å². The first kappa shape index (κ1) is 17.0. The number of aryl methyl sites for hydroxylation is 1. The number of aromatic nitrogens is 3. The van der Waals surface area contributed by atoms with Crippen molar-refractivity contribution >= 4 is 17.2 Å². The average molecular weight is 338 g/mol. The number of hydrogen-bond donors (Lipinski definition) is 1. The van der Waals surface area contributed by atoms with Gasteiger partial charge in [-0.15, -0.1) is 0 Å². The van der Waals surface area contributed by atoms with E-state index in [0.29, 0.717) is 17.1 Å². The van der Waals surface area contributed by atoms with Gasteiger partial charge in [-0.25, -0.2) is 9.97 Å². The zero-order valence-electron chi connectivity index (χ0n) is 14.5. The van der Waals surface area contributed by atoms with Crippen molar-refractivity contribution in [2.24, 2.45) is 0 Å². The summed E-state index contributed by atoms with van der Waals surface area (Å²) in [5.41, 5.74) is 3.00. The second kappa shape index (κ2) is 7.79. The summed E-state index contributed by atoms with van der Waals surface area (Å²) in [5.74, 6) is 0.173. The normalized spacial score (nSPS) is 10.8. The third-order valence-electron chi connectivity index (χ3n) is 4.01. The standard InChI is InChI=1S/C19H22N4O2/c1-3-4-5-7-15-13-23-12-14(9-10-17(23)21-15)18(24)22-16-8-6-11-20-19(16)25-2/h6,8-13H,3-5,7H2,1-2H3,(H,22,24). The molecule has 0 aliphatic carbocycles. The van der Waals surface area contributed by atoms with Crippen LogP contribution in [0.3, 0.4) is 0 Å². The number of unbranched alkanes of at least 4 members (excludes halogenated alkanes) is 2. The van der Waals surface area contributed by atoms with Crippen LogP contribution in [-0.2, 0) is 6.42 Å². The van der Waals surface area contributed by atoms with E-state index in [1.54, 1.807) is 30.6 Å². The highest BCUT2D eigenvalue weighted by atomic mass is 16.5. The molecule has 3 aromatic rings. The number of anilines is 1. The van der Waals surface area contributed by atoms with Crippen molar-refractivity contribution in [3.05, 3.63) is 54.1 Å². The van der Waals surface area contributed by atoms with Crippen molar-refractivity contribution in [3.8, 4) is 5.88 Å². The Morgan fingerprint density at radius 1 is 1.24 bits per heavy atom. The van der Waals surface area contributed by atoms with Crippen LogP contribution in [0.25, 0.3) is 5.65 Å². The first-order valence-corrected chi connectivity index (χ1v) is 8.49. The van der Waals surface area contributed by atoms with Crippen molar-refractivity contribution in [3.63, 3.8) is 0 Å². The van der Waals surface area contributed by atoms with Crippen molar-refractivity contribution in [1.29, 1.82) is 0 Å². The molecule has 3 rings (SSSR count). The first-order valence-electron chi connectivity index (χ1n) is 8.49. The molecule has 6 heteroatoms. The van der Waals surface area contributed by atoms with E-state index >= 15 is 0 Å². The summed E-state index contributed by atoms with van der Waals surface area (Å²) in [7, 11) is 1.52. The molecule has 0 saturated carbocycles. The highest BCUT2D eigenvalue weighted by Gasteiger charge is 2.11. The van der Waals surface area contributed by atoms with E-state index in [4.69, 9.17) is 4.74 Å². The summed E-state index contributed by atoms with van der Waals surface area (Å²) in [6.45, 7) is 2.19. The molecule has 0 unspecified atom stereocenters. The molecule has 130 valence electrons. The molecule has 0 fully saturated rings. The average Bonchev–Trinajstić information content (AvgIpc) is 3.04. The van der Waals surface area contributed by atoms with Gasteiger partial charge >= 0.3 is 0 Å². The minimum absolute atomic E-state index is 0.213. The Morgan fingerprint density at radius 3 is 2.92 bits per heavy atom. The molecule has 3 aromatic heterocycles. The van der Waals surface area contributed by atoms with E-state index in [1.807, 2.05) is 16.7 Å². The Morgan fingerprint density at radius 2 is 2.12 bits per heavy atom. The van der Waals surface area contributed by atoms with Crippen molar-refractivity contribution < 1.29 is 9.53 Å². The Labute approximate surface area is 146 Å². The summed E-state index contributed by atoms with van der Waals surface area (Å²) in [6.07, 6.45) is 9.89. The molecule has 25 heavy (non-hydrogen) atoms. The summed E-state index contributed by atoms with van der Waals surface area (Å²) < 4.78 is 7.06. The monoisotopic (exact) mass is 338 g/mol. The molecule has 1 N–H and O–H groups in total. The van der Waals surface area contributed by atoms with Crippen LogP contribution < -0.4 is 10.1 Å². The van der Waals surface area contributed by atoms with Crippen LogP contribution in [0.5, 0.6) is 5.88 Å². The number of imidazole rings is 1. The fraction of sp³-hybridized carbons (Fsp3) is 0.316. The third kappa shape index (κ3) is 3.96. The number of rotatable bonds is 7. The zero-order chi connectivity index (χ0) is 17.6. The maximum absolute atomic E-state index is 12.5. The topological polar surface area (TPSA) is 68.5 Å². The smallest absolute Gasteiger partial charge is 0.257 e. The maximum atomic E-state index is 12.5. The molecule has 0 aliphatic heterocycles. The number of carbonyl (C=O) groups excluding carboxylic acids is 1. The number of hydrogen-bond acceptors (Lipinski definition) is 4. The van der Waals surface area contributed by atoms with Crippen molar-refractivity contribution in [2.75, 3.05) is 12.4 Å². The van der Waals surface area contributed by atoms with Gasteiger partial charge in [0.1, 0.15) is 11.3 Å². The maximum Gasteiger partial charge on any atom is 0.257 e. The van der Waals surface area contributed by atoms with Crippen LogP contribution in [0.4, 0.5) is 5.69 Å². The van der Waals surface area contributed by atoms with E-state index < -0.39 is 0 Å². The number of pyridine rings is 2. The van der Waals surface area contributed by atoms with Gasteiger partial charge in [-0.1, -0.05) is 19.8 Å². The molecule has 1 amide bonds. The highest BCUT2D eigenvalue weighted by Crippen LogP contribution is 2.21. The van der Waals surface area contributed by atoms with E-state index in [1.165, 1.54) is 20.0 Å². The molecule has 3 heterocycles. The zero-order valence-corrected chi connectivity index (χ0v) is 14.5. The van der Waals surface area contributed by atoms with E-state index in [-0.39, 0.29) is 5.91 Å². The van der Waals surface area contributed by atoms with Gasteiger partial charge in [0.25, 0.3) is 5.91 Å². The Kier molecular flexibility index (Phi) is 5.28. The Balaban J connectivity index is 1.77. The number of carbonyl (C=O) groups is 1. The lowest BCUT2D eigenvalue weighted by molar-refractivity contribution is 0.102. The quantitative estimate of drug-likeness (QED) is 0.667. The minimum Gasteiger partial charge on any atom is -0.480 e.